The van der Waals surface area contributed by atoms with Gasteiger partial charge in [0.2, 0.25) is 0 Å². The van der Waals surface area contributed by atoms with Crippen molar-refractivity contribution in [2.75, 3.05) is 13.7 Å². The Bertz CT molecular complexity index is 990. The van der Waals surface area contributed by atoms with Crippen molar-refractivity contribution >= 4 is 40.6 Å². The number of carbonyl (C=O) groups excluding carboxylic acids is 2. The molecule has 1 aliphatic rings. The van der Waals surface area contributed by atoms with Gasteiger partial charge < -0.3 is 14.6 Å². The van der Waals surface area contributed by atoms with Gasteiger partial charge >= 0.3 is 0 Å². The third kappa shape index (κ3) is 4.55. The lowest BCUT2D eigenvalue weighted by molar-refractivity contribution is -0.307. The summed E-state index contributed by atoms with van der Waals surface area (Å²) in [6.45, 7) is -0.556. The smallest absolute Gasteiger partial charge is 0.266 e. The van der Waals surface area contributed by atoms with Crippen LogP contribution in [0.4, 0.5) is 14.5 Å². The van der Waals surface area contributed by atoms with E-state index in [2.05, 4.69) is 4.99 Å². The van der Waals surface area contributed by atoms with E-state index in [0.717, 1.165) is 23.9 Å². The Morgan fingerprint density at radius 3 is 2.61 bits per heavy atom. The van der Waals surface area contributed by atoms with E-state index in [0.29, 0.717) is 16.2 Å². The average Bonchev–Trinajstić information content (AvgIpc) is 2.91. The number of carbonyl (C=O) groups is 2. The van der Waals surface area contributed by atoms with Crippen molar-refractivity contribution in [1.29, 1.82) is 0 Å². The second-order valence-electron chi connectivity index (χ2n) is 5.69. The van der Waals surface area contributed by atoms with Crippen LogP contribution in [0.25, 0.3) is 6.08 Å². The highest BCUT2D eigenvalue weighted by Crippen LogP contribution is 2.33. The van der Waals surface area contributed by atoms with Crippen LogP contribution in [0.1, 0.15) is 5.56 Å². The summed E-state index contributed by atoms with van der Waals surface area (Å²) >= 11 is 1.06. The number of thioether (sulfide) groups is 1. The van der Waals surface area contributed by atoms with E-state index < -0.39 is 24.2 Å². The van der Waals surface area contributed by atoms with E-state index in [1.165, 1.54) is 18.0 Å². The maximum Gasteiger partial charge on any atom is 0.266 e. The van der Waals surface area contributed by atoms with E-state index in [4.69, 9.17) is 4.74 Å². The average molecular weight is 403 g/mol. The van der Waals surface area contributed by atoms with Crippen LogP contribution in [0.2, 0.25) is 0 Å². The number of amidine groups is 1. The summed E-state index contributed by atoms with van der Waals surface area (Å²) in [4.78, 5) is 28.5. The maximum absolute atomic E-state index is 13.8. The molecule has 0 bridgehead atoms. The van der Waals surface area contributed by atoms with Crippen LogP contribution < -0.4 is 9.84 Å². The molecule has 6 nitrogen and oxygen atoms in total. The standard InChI is InChI=1S/C19H14F2N2O4S/c1-23-18(26)16(8-11-2-5-13(6-3-11)27-10-17(24)25)28-19(23)22-15-7-4-12(20)9-14(15)21/h2-9H,10H2,1H3,(H,24,25)/p-1/b16-8-,22-19?. The molecular formula is C19H13F2N2O4S-. The van der Waals surface area contributed by atoms with E-state index in [1.54, 1.807) is 30.3 Å². The van der Waals surface area contributed by atoms with Crippen LogP contribution >= 0.6 is 11.8 Å². The zero-order valence-electron chi connectivity index (χ0n) is 14.5. The van der Waals surface area contributed by atoms with Crippen LogP contribution in [0, 0.1) is 11.6 Å². The topological polar surface area (TPSA) is 82.0 Å². The third-order valence-electron chi connectivity index (χ3n) is 3.66. The van der Waals surface area contributed by atoms with Gasteiger partial charge in [0, 0.05) is 13.1 Å². The Morgan fingerprint density at radius 1 is 1.25 bits per heavy atom. The van der Waals surface area contributed by atoms with Gasteiger partial charge in [0.15, 0.2) is 11.0 Å². The highest BCUT2D eigenvalue weighted by atomic mass is 32.2. The van der Waals surface area contributed by atoms with Crippen LogP contribution in [-0.2, 0) is 9.59 Å². The van der Waals surface area contributed by atoms with Crippen molar-refractivity contribution in [3.63, 3.8) is 0 Å². The number of aliphatic carboxylic acids is 1. The fourth-order valence-electron chi connectivity index (χ4n) is 2.28. The number of amides is 1. The van der Waals surface area contributed by atoms with Crippen LogP contribution in [0.5, 0.6) is 5.75 Å². The highest BCUT2D eigenvalue weighted by molar-refractivity contribution is 8.18. The van der Waals surface area contributed by atoms with E-state index >= 15 is 0 Å². The number of benzene rings is 2. The lowest BCUT2D eigenvalue weighted by Crippen LogP contribution is -2.28. The number of carboxylic acid groups (broad SMARTS) is 1. The molecule has 0 aromatic heterocycles. The molecule has 0 unspecified atom stereocenters. The molecule has 0 spiro atoms. The monoisotopic (exact) mass is 403 g/mol. The number of ether oxygens (including phenoxy) is 1. The van der Waals surface area contributed by atoms with E-state index in [9.17, 15) is 23.5 Å². The van der Waals surface area contributed by atoms with Gasteiger partial charge in [0.25, 0.3) is 5.91 Å². The van der Waals surface area contributed by atoms with Gasteiger partial charge in [-0.3, -0.25) is 9.69 Å². The predicted molar refractivity (Wildman–Crippen MR) is 98.7 cm³/mol. The third-order valence-corrected chi connectivity index (χ3v) is 4.72. The highest BCUT2D eigenvalue weighted by Gasteiger charge is 2.30. The number of aliphatic imine (C=N–C) groups is 1. The summed E-state index contributed by atoms with van der Waals surface area (Å²) in [7, 11) is 1.51. The number of hydrogen-bond donors (Lipinski definition) is 0. The van der Waals surface area contributed by atoms with Gasteiger partial charge in [-0.05, 0) is 47.7 Å². The first-order valence-electron chi connectivity index (χ1n) is 7.97. The van der Waals surface area contributed by atoms with Crippen molar-refractivity contribution < 1.29 is 28.2 Å². The molecule has 0 atom stereocenters. The minimum absolute atomic E-state index is 0.0702. The van der Waals surface area contributed by atoms with Crippen molar-refractivity contribution in [2.24, 2.45) is 4.99 Å². The maximum atomic E-state index is 13.8. The van der Waals surface area contributed by atoms with Crippen LogP contribution in [-0.4, -0.2) is 35.6 Å². The number of hydrogen-bond acceptors (Lipinski definition) is 6. The van der Waals surface area contributed by atoms with Gasteiger partial charge in [-0.2, -0.15) is 0 Å². The molecule has 28 heavy (non-hydrogen) atoms. The number of carboxylic acids is 1. The molecule has 0 saturated carbocycles. The molecule has 1 fully saturated rings. The summed E-state index contributed by atoms with van der Waals surface area (Å²) in [6.07, 6.45) is 1.62. The zero-order valence-corrected chi connectivity index (χ0v) is 15.3. The largest absolute Gasteiger partial charge is 0.546 e. The molecule has 0 aliphatic carbocycles. The van der Waals surface area contributed by atoms with Crippen LogP contribution in [0.15, 0.2) is 52.4 Å². The van der Waals surface area contributed by atoms with Crippen molar-refractivity contribution in [3.05, 3.63) is 64.6 Å². The predicted octanol–water partition coefficient (Wildman–Crippen LogP) is 2.33. The summed E-state index contributed by atoms with van der Waals surface area (Å²) in [5.74, 6) is -2.82. The first kappa shape index (κ1) is 19.6. The van der Waals surface area contributed by atoms with Gasteiger partial charge in [-0.15, -0.1) is 0 Å². The van der Waals surface area contributed by atoms with Crippen molar-refractivity contribution in [1.82, 2.24) is 4.90 Å². The Hall–Kier alpha value is -3.20. The van der Waals surface area contributed by atoms with Crippen molar-refractivity contribution in [2.45, 2.75) is 0 Å². The second-order valence-corrected chi connectivity index (χ2v) is 6.70. The number of nitrogens with zero attached hydrogens (tertiary/aromatic N) is 2. The molecular weight excluding hydrogens is 390 g/mol. The first-order chi connectivity index (χ1) is 13.3. The van der Waals surface area contributed by atoms with Crippen molar-refractivity contribution in [3.8, 4) is 5.75 Å². The fraction of sp³-hybridized carbons (Fsp3) is 0.105. The lowest BCUT2D eigenvalue weighted by Gasteiger charge is -2.07. The van der Waals surface area contributed by atoms with Gasteiger partial charge in [0.05, 0.1) is 10.9 Å². The molecule has 144 valence electrons. The Labute approximate surface area is 163 Å². The number of rotatable bonds is 5. The minimum atomic E-state index is -1.33. The summed E-state index contributed by atoms with van der Waals surface area (Å²) in [6, 6.07) is 9.44. The number of halogens is 2. The van der Waals surface area contributed by atoms with E-state index in [1.807, 2.05) is 0 Å². The number of likely N-dealkylation sites (N-methyl/N-ethyl adjacent to an activating group) is 1. The fourth-order valence-corrected chi connectivity index (χ4v) is 3.26. The molecule has 2 aromatic carbocycles. The molecule has 1 saturated heterocycles. The SMILES string of the molecule is CN1C(=O)/C(=C/c2ccc(OCC(=O)[O-])cc2)SC1=Nc1ccc(F)cc1F. The molecule has 0 radical (unpaired) electrons. The van der Waals surface area contributed by atoms with Gasteiger partial charge in [-0.25, -0.2) is 13.8 Å². The molecule has 1 amide bonds. The van der Waals surface area contributed by atoms with Gasteiger partial charge in [0.1, 0.15) is 23.9 Å². The normalized spacial score (nSPS) is 16.8. The Morgan fingerprint density at radius 2 is 1.96 bits per heavy atom. The Kier molecular flexibility index (Phi) is 5.74. The zero-order chi connectivity index (χ0) is 20.3. The van der Waals surface area contributed by atoms with Gasteiger partial charge in [-0.1, -0.05) is 12.1 Å². The second kappa shape index (κ2) is 8.22. The molecule has 1 heterocycles. The first-order valence-corrected chi connectivity index (χ1v) is 8.79. The molecule has 9 heteroatoms. The molecule has 1 aliphatic heterocycles. The summed E-state index contributed by atoms with van der Waals surface area (Å²) in [5.41, 5.74) is 0.610. The molecule has 2 aromatic rings. The minimum Gasteiger partial charge on any atom is -0.546 e. The molecule has 0 N–H and O–H groups in total. The summed E-state index contributed by atoms with van der Waals surface area (Å²) in [5, 5.41) is 10.7. The molecule has 3 rings (SSSR count). The van der Waals surface area contributed by atoms with Crippen LogP contribution in [0.3, 0.4) is 0 Å². The Balaban J connectivity index is 1.79. The summed E-state index contributed by atoms with van der Waals surface area (Å²) < 4.78 is 31.8. The van der Waals surface area contributed by atoms with E-state index in [-0.39, 0.29) is 16.8 Å². The quantitative estimate of drug-likeness (QED) is 0.716. The lowest BCUT2D eigenvalue weighted by atomic mass is 10.2.